The third-order valence-electron chi connectivity index (χ3n) is 6.97. The van der Waals surface area contributed by atoms with E-state index in [2.05, 4.69) is 25.2 Å². The van der Waals surface area contributed by atoms with Crippen molar-refractivity contribution in [2.24, 2.45) is 0 Å². The number of fused-ring (bicyclic) bond motifs is 3. The number of carbonyl (C=O) groups excluding carboxylic acids is 3. The number of para-hydroxylation sites is 1. The van der Waals surface area contributed by atoms with Crippen LogP contribution in [-0.4, -0.2) is 36.2 Å². The van der Waals surface area contributed by atoms with Crippen LogP contribution in [-0.2, 0) is 27.0 Å². The molecule has 1 aliphatic carbocycles. The number of ketones is 1. The first kappa shape index (κ1) is 19.5. The highest BCUT2D eigenvalue weighted by Gasteiger charge is 2.55. The van der Waals surface area contributed by atoms with Crippen molar-refractivity contribution >= 4 is 23.4 Å². The highest BCUT2D eigenvalue weighted by atomic mass is 16.2. The fraction of sp³-hybridized carbons (Fsp3) is 0.320. The molecule has 31 heavy (non-hydrogen) atoms. The summed E-state index contributed by atoms with van der Waals surface area (Å²) in [5.41, 5.74) is 3.58. The number of nitrogens with one attached hydrogen (secondary N) is 1. The summed E-state index contributed by atoms with van der Waals surface area (Å²) in [5.74, 6) is -0.605. The lowest BCUT2D eigenvalue weighted by Gasteiger charge is -2.24. The average Bonchev–Trinajstić information content (AvgIpc) is 3.30. The second-order valence-corrected chi connectivity index (χ2v) is 9.08. The van der Waals surface area contributed by atoms with Crippen LogP contribution >= 0.6 is 0 Å². The lowest BCUT2D eigenvalue weighted by atomic mass is 9.83. The van der Waals surface area contributed by atoms with Gasteiger partial charge in [-0.05, 0) is 35.6 Å². The van der Waals surface area contributed by atoms with Gasteiger partial charge in [0.05, 0.1) is 6.54 Å². The minimum absolute atomic E-state index is 0.266. The number of urea groups is 1. The van der Waals surface area contributed by atoms with Crippen LogP contribution in [0.5, 0.6) is 0 Å². The first-order valence-corrected chi connectivity index (χ1v) is 10.6. The molecule has 0 saturated carbocycles. The van der Waals surface area contributed by atoms with Crippen LogP contribution in [0.4, 0.5) is 10.5 Å². The molecule has 2 aromatic carbocycles. The lowest BCUT2D eigenvalue weighted by Crippen LogP contribution is -2.42. The predicted molar refractivity (Wildman–Crippen MR) is 118 cm³/mol. The number of carbonyl (C=O) groups is 3. The van der Waals surface area contributed by atoms with E-state index in [4.69, 9.17) is 0 Å². The molecule has 1 fully saturated rings. The Kier molecular flexibility index (Phi) is 4.13. The monoisotopic (exact) mass is 415 g/mol. The van der Waals surface area contributed by atoms with Crippen molar-refractivity contribution in [2.45, 2.75) is 37.6 Å². The Morgan fingerprint density at radius 2 is 1.74 bits per heavy atom. The summed E-state index contributed by atoms with van der Waals surface area (Å²) in [7, 11) is 1.94. The van der Waals surface area contributed by atoms with Crippen molar-refractivity contribution in [1.82, 2.24) is 10.2 Å². The van der Waals surface area contributed by atoms with Crippen molar-refractivity contribution < 1.29 is 14.4 Å². The number of aryl methyl sites for hydroxylation is 1. The second kappa shape index (κ2) is 6.54. The fourth-order valence-electron chi connectivity index (χ4n) is 5.35. The van der Waals surface area contributed by atoms with E-state index in [1.807, 2.05) is 54.4 Å². The number of likely N-dealkylation sites (N-methyl/N-ethyl adjacent to an activating group) is 1. The van der Waals surface area contributed by atoms with E-state index >= 15 is 0 Å². The van der Waals surface area contributed by atoms with Crippen molar-refractivity contribution in [3.05, 3.63) is 77.0 Å². The van der Waals surface area contributed by atoms with Crippen molar-refractivity contribution in [2.75, 3.05) is 18.5 Å². The third-order valence-corrected chi connectivity index (χ3v) is 6.97. The topological polar surface area (TPSA) is 69.7 Å². The summed E-state index contributed by atoms with van der Waals surface area (Å²) in [6.45, 7) is 3.89. The molecule has 0 aromatic heterocycles. The molecule has 2 aromatic rings. The summed E-state index contributed by atoms with van der Waals surface area (Å²) < 4.78 is 0. The maximum absolute atomic E-state index is 13.3. The van der Waals surface area contributed by atoms with E-state index in [1.165, 1.54) is 0 Å². The number of nitrogens with zero attached hydrogens (tertiary/aromatic N) is 2. The molecule has 6 nitrogen and oxygen atoms in total. The molecule has 2 aliphatic heterocycles. The number of allylic oxidation sites excluding steroid dienone is 1. The molecule has 158 valence electrons. The van der Waals surface area contributed by atoms with Crippen LogP contribution in [0.15, 0.2) is 60.3 Å². The first-order valence-electron chi connectivity index (χ1n) is 10.6. The zero-order chi connectivity index (χ0) is 22.0. The standard InChI is InChI=1S/C25H25N3O3/c1-24(2)19-10-6-7-11-20(19)27(3)21(24)14-17(29)15-28-22(30)25(26-23(28)31)13-12-16-8-4-5-9-18(16)25/h4-11,14H,12-13,15H2,1-3H3,(H,26,31). The van der Waals surface area contributed by atoms with Gasteiger partial charge < -0.3 is 10.2 Å². The number of anilines is 1. The Hall–Kier alpha value is -3.41. The molecule has 3 amide bonds. The minimum Gasteiger partial charge on any atom is -0.347 e. The van der Waals surface area contributed by atoms with E-state index in [-0.39, 0.29) is 23.7 Å². The summed E-state index contributed by atoms with van der Waals surface area (Å²) in [6, 6.07) is 15.2. The van der Waals surface area contributed by atoms with Crippen molar-refractivity contribution in [3.63, 3.8) is 0 Å². The maximum atomic E-state index is 13.3. The van der Waals surface area contributed by atoms with Gasteiger partial charge in [0.1, 0.15) is 5.54 Å². The molecule has 2 heterocycles. The van der Waals surface area contributed by atoms with Crippen LogP contribution in [0, 0.1) is 0 Å². The van der Waals surface area contributed by atoms with Gasteiger partial charge in [-0.1, -0.05) is 56.3 Å². The number of imide groups is 1. The molecular weight excluding hydrogens is 390 g/mol. The Morgan fingerprint density at radius 1 is 1.06 bits per heavy atom. The van der Waals surface area contributed by atoms with Crippen LogP contribution in [0.3, 0.4) is 0 Å². The van der Waals surface area contributed by atoms with Crippen LogP contribution in [0.25, 0.3) is 0 Å². The van der Waals surface area contributed by atoms with Gasteiger partial charge >= 0.3 is 6.03 Å². The summed E-state index contributed by atoms with van der Waals surface area (Å²) in [4.78, 5) is 42.1. The molecule has 1 saturated heterocycles. The first-order chi connectivity index (χ1) is 14.8. The Labute approximate surface area is 181 Å². The lowest BCUT2D eigenvalue weighted by molar-refractivity contribution is -0.133. The SMILES string of the molecule is CN1C(=CC(=O)CN2C(=O)NC3(CCc4ccccc43)C2=O)C(C)(C)c2ccccc21. The Morgan fingerprint density at radius 3 is 2.48 bits per heavy atom. The van der Waals surface area contributed by atoms with Gasteiger partial charge in [-0.3, -0.25) is 14.5 Å². The predicted octanol–water partition coefficient (Wildman–Crippen LogP) is 3.26. The quantitative estimate of drug-likeness (QED) is 0.617. The highest BCUT2D eigenvalue weighted by molar-refractivity contribution is 6.11. The van der Waals surface area contributed by atoms with Gasteiger partial charge in [0, 0.05) is 29.9 Å². The zero-order valence-corrected chi connectivity index (χ0v) is 17.9. The van der Waals surface area contributed by atoms with E-state index < -0.39 is 11.6 Å². The van der Waals surface area contributed by atoms with Gasteiger partial charge in [-0.15, -0.1) is 0 Å². The van der Waals surface area contributed by atoms with Gasteiger partial charge in [-0.25, -0.2) is 4.79 Å². The van der Waals surface area contributed by atoms with E-state index in [0.29, 0.717) is 6.42 Å². The van der Waals surface area contributed by atoms with Crippen LogP contribution < -0.4 is 10.2 Å². The summed E-state index contributed by atoms with van der Waals surface area (Å²) in [5, 5.41) is 2.88. The Balaban J connectivity index is 1.41. The fourth-order valence-corrected chi connectivity index (χ4v) is 5.35. The number of amides is 3. The number of hydrogen-bond acceptors (Lipinski definition) is 4. The molecule has 3 aliphatic rings. The smallest absolute Gasteiger partial charge is 0.325 e. The maximum Gasteiger partial charge on any atom is 0.325 e. The molecular formula is C25H25N3O3. The minimum atomic E-state index is -1.04. The van der Waals surface area contributed by atoms with Crippen molar-refractivity contribution in [3.8, 4) is 0 Å². The zero-order valence-electron chi connectivity index (χ0n) is 17.9. The number of benzene rings is 2. The molecule has 1 spiro atoms. The summed E-state index contributed by atoms with van der Waals surface area (Å²) >= 11 is 0. The number of hydrogen-bond donors (Lipinski definition) is 1. The van der Waals surface area contributed by atoms with Gasteiger partial charge in [0.2, 0.25) is 0 Å². The van der Waals surface area contributed by atoms with Crippen molar-refractivity contribution in [1.29, 1.82) is 0 Å². The van der Waals surface area contributed by atoms with Gasteiger partial charge in [0.25, 0.3) is 5.91 Å². The largest absolute Gasteiger partial charge is 0.347 e. The molecule has 0 bridgehead atoms. The van der Waals surface area contributed by atoms with E-state index in [0.717, 1.165) is 39.4 Å². The highest BCUT2D eigenvalue weighted by Crippen LogP contribution is 2.46. The summed E-state index contributed by atoms with van der Waals surface area (Å²) in [6.07, 6.45) is 2.83. The molecule has 1 atom stereocenters. The molecule has 1 N–H and O–H groups in total. The van der Waals surface area contributed by atoms with Crippen LogP contribution in [0.2, 0.25) is 0 Å². The Bertz CT molecular complexity index is 1170. The molecule has 0 radical (unpaired) electrons. The molecule has 5 rings (SSSR count). The molecule has 1 unspecified atom stereocenters. The molecule has 6 heteroatoms. The van der Waals surface area contributed by atoms with E-state index in [9.17, 15) is 14.4 Å². The average molecular weight is 415 g/mol. The second-order valence-electron chi connectivity index (χ2n) is 9.08. The third kappa shape index (κ3) is 2.67. The van der Waals surface area contributed by atoms with Gasteiger partial charge in [-0.2, -0.15) is 0 Å². The normalized spacial score (nSPS) is 24.7. The van der Waals surface area contributed by atoms with Gasteiger partial charge in [0.15, 0.2) is 5.78 Å². The van der Waals surface area contributed by atoms with Crippen LogP contribution in [0.1, 0.15) is 37.0 Å². The van der Waals surface area contributed by atoms with E-state index in [1.54, 1.807) is 6.08 Å². The number of rotatable bonds is 3.